The normalized spacial score (nSPS) is 11.1. The smallest absolute Gasteiger partial charge is 0.339 e. The summed E-state index contributed by atoms with van der Waals surface area (Å²) in [7, 11) is -3.76. The molecule has 3 N–H and O–H groups in total. The van der Waals surface area contributed by atoms with Gasteiger partial charge in [0.05, 0.1) is 15.1 Å². The molecule has 0 radical (unpaired) electrons. The van der Waals surface area contributed by atoms with Gasteiger partial charge < -0.3 is 15.6 Å². The SMILES string of the molecule is NC(=O)COc1c(Br)ccc(CS(=O)(=O)c2ccccc2)c1C(=O)O. The highest BCUT2D eigenvalue weighted by atomic mass is 79.9. The third-order valence-corrected chi connectivity index (χ3v) is 5.52. The molecule has 0 heterocycles. The van der Waals surface area contributed by atoms with Gasteiger partial charge in [-0.3, -0.25) is 4.79 Å². The number of amides is 1. The molecule has 0 aliphatic carbocycles. The summed E-state index contributed by atoms with van der Waals surface area (Å²) in [6.45, 7) is -0.534. The molecule has 2 rings (SSSR count). The number of aromatic carboxylic acids is 1. The molecular formula is C16H14BrNO6S. The Kier molecular flexibility index (Phi) is 5.81. The number of hydrogen-bond donors (Lipinski definition) is 2. The fourth-order valence-electron chi connectivity index (χ4n) is 2.15. The van der Waals surface area contributed by atoms with Crippen molar-refractivity contribution in [3.63, 3.8) is 0 Å². The molecule has 7 nitrogen and oxygen atoms in total. The van der Waals surface area contributed by atoms with Gasteiger partial charge in [0.2, 0.25) is 0 Å². The Morgan fingerprint density at radius 3 is 2.32 bits per heavy atom. The highest BCUT2D eigenvalue weighted by Gasteiger charge is 2.25. The summed E-state index contributed by atoms with van der Waals surface area (Å²) in [5.74, 6) is -2.84. The van der Waals surface area contributed by atoms with E-state index in [0.717, 1.165) is 0 Å². The number of hydrogen-bond acceptors (Lipinski definition) is 5. The first-order valence-corrected chi connectivity index (χ1v) is 9.40. The zero-order chi connectivity index (χ0) is 18.6. The van der Waals surface area contributed by atoms with Gasteiger partial charge in [0.1, 0.15) is 11.3 Å². The van der Waals surface area contributed by atoms with E-state index in [1.54, 1.807) is 18.2 Å². The van der Waals surface area contributed by atoms with Crippen LogP contribution in [-0.2, 0) is 20.4 Å². The van der Waals surface area contributed by atoms with Crippen molar-refractivity contribution in [1.29, 1.82) is 0 Å². The lowest BCUT2D eigenvalue weighted by Crippen LogP contribution is -2.21. The molecular weight excluding hydrogens is 414 g/mol. The minimum Gasteiger partial charge on any atom is -0.482 e. The van der Waals surface area contributed by atoms with Gasteiger partial charge in [-0.05, 0) is 39.7 Å². The number of benzene rings is 2. The second-order valence-corrected chi connectivity index (χ2v) is 7.89. The number of carbonyl (C=O) groups is 2. The summed E-state index contributed by atoms with van der Waals surface area (Å²) < 4.78 is 30.5. The highest BCUT2D eigenvalue weighted by Crippen LogP contribution is 2.33. The quantitative estimate of drug-likeness (QED) is 0.695. The standard InChI is InChI=1S/C16H14BrNO6S/c17-12-7-6-10(9-25(22,23)11-4-2-1-3-5-11)14(16(20)21)15(12)24-8-13(18)19/h1-7H,8-9H2,(H2,18,19)(H,20,21). The van der Waals surface area contributed by atoms with Gasteiger partial charge in [0.25, 0.3) is 5.91 Å². The molecule has 132 valence electrons. The Bertz CT molecular complexity index is 912. The van der Waals surface area contributed by atoms with Crippen LogP contribution in [0.4, 0.5) is 0 Å². The number of halogens is 1. The number of carbonyl (C=O) groups excluding carboxylic acids is 1. The monoisotopic (exact) mass is 427 g/mol. The number of ether oxygens (including phenoxy) is 1. The summed E-state index contributed by atoms with van der Waals surface area (Å²) >= 11 is 3.13. The summed E-state index contributed by atoms with van der Waals surface area (Å²) in [5, 5.41) is 9.49. The van der Waals surface area contributed by atoms with Crippen molar-refractivity contribution < 1.29 is 27.9 Å². The van der Waals surface area contributed by atoms with Gasteiger partial charge in [-0.15, -0.1) is 0 Å². The fraction of sp³-hybridized carbons (Fsp3) is 0.125. The molecule has 0 fully saturated rings. The van der Waals surface area contributed by atoms with Crippen LogP contribution in [0, 0.1) is 0 Å². The first-order chi connectivity index (χ1) is 11.7. The van der Waals surface area contributed by atoms with Gasteiger partial charge in [0, 0.05) is 0 Å². The largest absolute Gasteiger partial charge is 0.482 e. The molecule has 0 bridgehead atoms. The van der Waals surface area contributed by atoms with Crippen molar-refractivity contribution in [2.24, 2.45) is 5.73 Å². The second kappa shape index (κ2) is 7.66. The van der Waals surface area contributed by atoms with E-state index in [-0.39, 0.29) is 26.2 Å². The lowest BCUT2D eigenvalue weighted by molar-refractivity contribution is -0.120. The molecule has 0 atom stereocenters. The van der Waals surface area contributed by atoms with Crippen molar-refractivity contribution in [3.05, 3.63) is 58.1 Å². The predicted molar refractivity (Wildman–Crippen MR) is 93.1 cm³/mol. The summed E-state index contributed by atoms with van der Waals surface area (Å²) in [5.41, 5.74) is 4.71. The van der Waals surface area contributed by atoms with Crippen LogP contribution in [0.3, 0.4) is 0 Å². The lowest BCUT2D eigenvalue weighted by Gasteiger charge is -2.14. The Hall–Kier alpha value is -2.39. The molecule has 25 heavy (non-hydrogen) atoms. The van der Waals surface area contributed by atoms with E-state index in [1.807, 2.05) is 0 Å². The van der Waals surface area contributed by atoms with Crippen molar-refractivity contribution in [1.82, 2.24) is 0 Å². The van der Waals surface area contributed by atoms with Gasteiger partial charge in [0.15, 0.2) is 16.4 Å². The Morgan fingerprint density at radius 2 is 1.76 bits per heavy atom. The fourth-order valence-corrected chi connectivity index (χ4v) is 3.99. The molecule has 0 aliphatic rings. The maximum Gasteiger partial charge on any atom is 0.339 e. The lowest BCUT2D eigenvalue weighted by atomic mass is 10.1. The molecule has 9 heteroatoms. The molecule has 2 aromatic carbocycles. The van der Waals surface area contributed by atoms with Crippen LogP contribution < -0.4 is 10.5 Å². The van der Waals surface area contributed by atoms with Crippen molar-refractivity contribution >= 4 is 37.6 Å². The van der Waals surface area contributed by atoms with E-state index in [2.05, 4.69) is 15.9 Å². The van der Waals surface area contributed by atoms with Crippen LogP contribution in [-0.4, -0.2) is 32.0 Å². The predicted octanol–water partition coefficient (Wildman–Crippen LogP) is 1.99. The Morgan fingerprint density at radius 1 is 1.12 bits per heavy atom. The average Bonchev–Trinajstić information content (AvgIpc) is 2.55. The Labute approximate surface area is 152 Å². The summed E-state index contributed by atoms with van der Waals surface area (Å²) in [4.78, 5) is 22.6. The molecule has 0 saturated heterocycles. The number of nitrogens with two attached hydrogens (primary N) is 1. The van der Waals surface area contributed by atoms with E-state index < -0.39 is 34.1 Å². The van der Waals surface area contributed by atoms with E-state index in [9.17, 15) is 23.1 Å². The van der Waals surface area contributed by atoms with Gasteiger partial charge >= 0.3 is 5.97 Å². The molecule has 1 amide bonds. The highest BCUT2D eigenvalue weighted by molar-refractivity contribution is 9.10. The first kappa shape index (κ1) is 18.9. The van der Waals surface area contributed by atoms with Crippen LogP contribution in [0.5, 0.6) is 5.75 Å². The summed E-state index contributed by atoms with van der Waals surface area (Å²) in [6.07, 6.45) is 0. The Balaban J connectivity index is 2.49. The minimum absolute atomic E-state index is 0.0408. The zero-order valence-corrected chi connectivity index (χ0v) is 15.2. The van der Waals surface area contributed by atoms with Crippen LogP contribution in [0.1, 0.15) is 15.9 Å². The van der Waals surface area contributed by atoms with Crippen LogP contribution >= 0.6 is 15.9 Å². The average molecular weight is 428 g/mol. The second-order valence-electron chi connectivity index (χ2n) is 5.04. The third-order valence-electron chi connectivity index (χ3n) is 3.22. The molecule has 0 unspecified atom stereocenters. The molecule has 2 aromatic rings. The van der Waals surface area contributed by atoms with E-state index in [4.69, 9.17) is 10.5 Å². The van der Waals surface area contributed by atoms with E-state index in [0.29, 0.717) is 0 Å². The third kappa shape index (κ3) is 4.58. The number of primary amides is 1. The van der Waals surface area contributed by atoms with Gasteiger partial charge in [-0.2, -0.15) is 0 Å². The van der Waals surface area contributed by atoms with Crippen LogP contribution in [0.25, 0.3) is 0 Å². The van der Waals surface area contributed by atoms with Crippen molar-refractivity contribution in [2.75, 3.05) is 6.61 Å². The minimum atomic E-state index is -3.76. The molecule has 0 spiro atoms. The summed E-state index contributed by atoms with van der Waals surface area (Å²) in [6, 6.07) is 10.5. The number of carboxylic acid groups (broad SMARTS) is 1. The van der Waals surface area contributed by atoms with E-state index >= 15 is 0 Å². The maximum atomic E-state index is 12.5. The van der Waals surface area contributed by atoms with Crippen molar-refractivity contribution in [2.45, 2.75) is 10.6 Å². The van der Waals surface area contributed by atoms with Crippen molar-refractivity contribution in [3.8, 4) is 5.75 Å². The number of rotatable bonds is 7. The van der Waals surface area contributed by atoms with Gasteiger partial charge in [-0.25, -0.2) is 13.2 Å². The van der Waals surface area contributed by atoms with Gasteiger partial charge in [-0.1, -0.05) is 24.3 Å². The molecule has 0 aliphatic heterocycles. The topological polar surface area (TPSA) is 124 Å². The van der Waals surface area contributed by atoms with Crippen LogP contribution in [0.15, 0.2) is 51.8 Å². The zero-order valence-electron chi connectivity index (χ0n) is 12.8. The van der Waals surface area contributed by atoms with E-state index in [1.165, 1.54) is 24.3 Å². The molecule has 0 aromatic heterocycles. The van der Waals surface area contributed by atoms with Crippen LogP contribution in [0.2, 0.25) is 0 Å². The number of carboxylic acids is 1. The molecule has 0 saturated carbocycles. The number of sulfone groups is 1. The maximum absolute atomic E-state index is 12.5. The first-order valence-electron chi connectivity index (χ1n) is 6.96.